The second-order valence-corrected chi connectivity index (χ2v) is 8.75. The van der Waals surface area contributed by atoms with E-state index in [9.17, 15) is 4.79 Å². The Kier molecular flexibility index (Phi) is 7.74. The van der Waals surface area contributed by atoms with Gasteiger partial charge in [0, 0.05) is 31.5 Å². The second kappa shape index (κ2) is 11.1. The number of rotatable bonds is 11. The lowest BCUT2D eigenvalue weighted by Gasteiger charge is -2.23. The molecule has 1 aliphatic rings. The van der Waals surface area contributed by atoms with Crippen LogP contribution in [0.5, 0.6) is 23.0 Å². The molecule has 0 bridgehead atoms. The fraction of sp³-hybridized carbons (Fsp3) is 0.423. The molecule has 9 heteroatoms. The lowest BCUT2D eigenvalue weighted by atomic mass is 10.1. The van der Waals surface area contributed by atoms with Crippen LogP contribution >= 0.6 is 0 Å². The number of ether oxygens (including phenoxy) is 4. The molecule has 186 valence electrons. The van der Waals surface area contributed by atoms with Crippen LogP contribution in [-0.4, -0.2) is 55.0 Å². The average molecular weight is 482 g/mol. The van der Waals surface area contributed by atoms with Crippen molar-refractivity contribution in [1.29, 1.82) is 0 Å². The summed E-state index contributed by atoms with van der Waals surface area (Å²) in [5, 5.41) is 4.10. The highest BCUT2D eigenvalue weighted by Gasteiger charge is 2.19. The van der Waals surface area contributed by atoms with Crippen molar-refractivity contribution in [2.24, 2.45) is 5.92 Å². The molecule has 1 aliphatic heterocycles. The van der Waals surface area contributed by atoms with Gasteiger partial charge in [0.05, 0.1) is 14.2 Å². The predicted molar refractivity (Wildman–Crippen MR) is 129 cm³/mol. The maximum atomic E-state index is 12.9. The summed E-state index contributed by atoms with van der Waals surface area (Å²) in [4.78, 5) is 19.3. The van der Waals surface area contributed by atoms with Crippen molar-refractivity contribution in [3.8, 4) is 34.4 Å². The van der Waals surface area contributed by atoms with Gasteiger partial charge >= 0.3 is 0 Å². The van der Waals surface area contributed by atoms with E-state index in [1.54, 1.807) is 14.2 Å². The van der Waals surface area contributed by atoms with Crippen molar-refractivity contribution in [2.45, 2.75) is 33.1 Å². The molecule has 2 heterocycles. The highest BCUT2D eigenvalue weighted by atomic mass is 16.7. The van der Waals surface area contributed by atoms with Gasteiger partial charge in [-0.3, -0.25) is 4.79 Å². The summed E-state index contributed by atoms with van der Waals surface area (Å²) in [6, 6.07) is 11.3. The van der Waals surface area contributed by atoms with E-state index in [2.05, 4.69) is 10.1 Å². The van der Waals surface area contributed by atoms with E-state index in [1.165, 1.54) is 0 Å². The third kappa shape index (κ3) is 6.03. The molecule has 0 atom stereocenters. The van der Waals surface area contributed by atoms with E-state index in [0.29, 0.717) is 67.1 Å². The fourth-order valence-electron chi connectivity index (χ4n) is 3.88. The number of hydrogen-bond donors (Lipinski definition) is 0. The Balaban J connectivity index is 1.41. The predicted octanol–water partition coefficient (Wildman–Crippen LogP) is 4.14. The number of amides is 1. The largest absolute Gasteiger partial charge is 0.493 e. The van der Waals surface area contributed by atoms with Gasteiger partial charge < -0.3 is 28.4 Å². The van der Waals surface area contributed by atoms with Crippen LogP contribution < -0.4 is 18.9 Å². The SMILES string of the molecule is COc1ccc(CCN(CCc2nc(-c3ccc4c(c3)OCO4)no2)C(=O)CC(C)C)cc1OC. The Bertz CT molecular complexity index is 1160. The van der Waals surface area contributed by atoms with Crippen molar-refractivity contribution in [3.63, 3.8) is 0 Å². The van der Waals surface area contributed by atoms with Crippen LogP contribution in [0.4, 0.5) is 0 Å². The van der Waals surface area contributed by atoms with Crippen LogP contribution in [0, 0.1) is 5.92 Å². The minimum atomic E-state index is 0.107. The van der Waals surface area contributed by atoms with Crippen LogP contribution in [-0.2, 0) is 17.6 Å². The first-order valence-electron chi connectivity index (χ1n) is 11.7. The molecule has 0 saturated carbocycles. The molecule has 2 aromatic carbocycles. The normalized spacial score (nSPS) is 12.1. The van der Waals surface area contributed by atoms with Gasteiger partial charge in [0.25, 0.3) is 0 Å². The molecule has 0 radical (unpaired) electrons. The van der Waals surface area contributed by atoms with Crippen molar-refractivity contribution in [1.82, 2.24) is 15.0 Å². The molecule has 35 heavy (non-hydrogen) atoms. The Morgan fingerprint density at radius 1 is 1.00 bits per heavy atom. The molecule has 0 aliphatic carbocycles. The summed E-state index contributed by atoms with van der Waals surface area (Å²) in [5.74, 6) is 4.05. The summed E-state index contributed by atoms with van der Waals surface area (Å²) in [7, 11) is 3.22. The molecule has 1 amide bonds. The lowest BCUT2D eigenvalue weighted by Crippen LogP contribution is -2.35. The van der Waals surface area contributed by atoms with Crippen LogP contribution in [0.15, 0.2) is 40.9 Å². The molecule has 3 aromatic rings. The highest BCUT2D eigenvalue weighted by molar-refractivity contribution is 5.76. The van der Waals surface area contributed by atoms with Crippen LogP contribution in [0.25, 0.3) is 11.4 Å². The van der Waals surface area contributed by atoms with Crippen molar-refractivity contribution < 1.29 is 28.3 Å². The highest BCUT2D eigenvalue weighted by Crippen LogP contribution is 2.35. The number of carbonyl (C=O) groups is 1. The molecule has 4 rings (SSSR count). The van der Waals surface area contributed by atoms with E-state index in [-0.39, 0.29) is 18.6 Å². The molecule has 0 spiro atoms. The zero-order chi connectivity index (χ0) is 24.8. The minimum absolute atomic E-state index is 0.107. The van der Waals surface area contributed by atoms with Crippen molar-refractivity contribution in [2.75, 3.05) is 34.1 Å². The number of aromatic nitrogens is 2. The Morgan fingerprint density at radius 2 is 1.77 bits per heavy atom. The molecule has 0 N–H and O–H groups in total. The first-order valence-corrected chi connectivity index (χ1v) is 11.7. The van der Waals surface area contributed by atoms with Crippen molar-refractivity contribution >= 4 is 5.91 Å². The van der Waals surface area contributed by atoms with Gasteiger partial charge in [-0.25, -0.2) is 0 Å². The maximum Gasteiger partial charge on any atom is 0.231 e. The van der Waals surface area contributed by atoms with Crippen LogP contribution in [0.1, 0.15) is 31.7 Å². The van der Waals surface area contributed by atoms with Gasteiger partial charge in [0.15, 0.2) is 23.0 Å². The first-order chi connectivity index (χ1) is 17.0. The topological polar surface area (TPSA) is 96.2 Å². The molecule has 0 fully saturated rings. The van der Waals surface area contributed by atoms with E-state index in [1.807, 2.05) is 55.1 Å². The first kappa shape index (κ1) is 24.4. The fourth-order valence-corrected chi connectivity index (χ4v) is 3.88. The average Bonchev–Trinajstić information content (AvgIpc) is 3.52. The Labute approximate surface area is 204 Å². The zero-order valence-electron chi connectivity index (χ0n) is 20.6. The van der Waals surface area contributed by atoms with E-state index >= 15 is 0 Å². The number of hydrogen-bond acceptors (Lipinski definition) is 8. The molecular weight excluding hydrogens is 450 g/mol. The molecule has 1 aromatic heterocycles. The molecule has 0 saturated heterocycles. The lowest BCUT2D eigenvalue weighted by molar-refractivity contribution is -0.132. The standard InChI is InChI=1S/C26H31N3O6/c1-17(2)13-25(30)29(11-9-18-5-7-20(31-3)22(14-18)32-4)12-10-24-27-26(28-35-24)19-6-8-21-23(15-19)34-16-33-21/h5-8,14-15,17H,9-13,16H2,1-4H3. The maximum absolute atomic E-state index is 12.9. The number of carbonyl (C=O) groups excluding carboxylic acids is 1. The third-order valence-corrected chi connectivity index (χ3v) is 5.75. The van der Waals surface area contributed by atoms with Gasteiger partial charge in [-0.1, -0.05) is 25.1 Å². The number of nitrogens with zero attached hydrogens (tertiary/aromatic N) is 3. The third-order valence-electron chi connectivity index (χ3n) is 5.75. The van der Waals surface area contributed by atoms with Gasteiger partial charge in [0.1, 0.15) is 0 Å². The minimum Gasteiger partial charge on any atom is -0.493 e. The van der Waals surface area contributed by atoms with E-state index < -0.39 is 0 Å². The van der Waals surface area contributed by atoms with Gasteiger partial charge in [-0.2, -0.15) is 4.98 Å². The summed E-state index contributed by atoms with van der Waals surface area (Å²) >= 11 is 0. The van der Waals surface area contributed by atoms with Crippen molar-refractivity contribution in [3.05, 3.63) is 47.9 Å². The second-order valence-electron chi connectivity index (χ2n) is 8.75. The van der Waals surface area contributed by atoms with Gasteiger partial charge in [-0.05, 0) is 48.2 Å². The van der Waals surface area contributed by atoms with Crippen LogP contribution in [0.3, 0.4) is 0 Å². The quantitative estimate of drug-likeness (QED) is 0.403. The Morgan fingerprint density at radius 3 is 2.54 bits per heavy atom. The summed E-state index contributed by atoms with van der Waals surface area (Å²) < 4.78 is 27.0. The van der Waals surface area contributed by atoms with E-state index in [4.69, 9.17) is 23.5 Å². The zero-order valence-corrected chi connectivity index (χ0v) is 20.6. The summed E-state index contributed by atoms with van der Waals surface area (Å²) in [6.07, 6.45) is 1.64. The summed E-state index contributed by atoms with van der Waals surface area (Å²) in [5.41, 5.74) is 1.85. The number of fused-ring (bicyclic) bond motifs is 1. The Hall–Kier alpha value is -3.75. The number of methoxy groups -OCH3 is 2. The van der Waals surface area contributed by atoms with Gasteiger partial charge in [0.2, 0.25) is 24.4 Å². The molecule has 0 unspecified atom stereocenters. The molecule has 9 nitrogen and oxygen atoms in total. The summed E-state index contributed by atoms with van der Waals surface area (Å²) in [6.45, 7) is 5.35. The van der Waals surface area contributed by atoms with Crippen LogP contribution in [0.2, 0.25) is 0 Å². The number of benzene rings is 2. The molecular formula is C26H31N3O6. The van der Waals surface area contributed by atoms with E-state index in [0.717, 1.165) is 11.1 Å². The smallest absolute Gasteiger partial charge is 0.231 e. The van der Waals surface area contributed by atoms with Gasteiger partial charge in [-0.15, -0.1) is 0 Å². The monoisotopic (exact) mass is 481 g/mol.